The number of piperidine rings is 2. The molecule has 2 heterocycles. The molecular formula is C18H28N2O. The van der Waals surface area contributed by atoms with Crippen molar-refractivity contribution in [2.24, 2.45) is 0 Å². The van der Waals surface area contributed by atoms with Gasteiger partial charge in [0.15, 0.2) is 0 Å². The van der Waals surface area contributed by atoms with Crippen molar-refractivity contribution in [3.05, 3.63) is 23.8 Å². The molecule has 0 aromatic heterocycles. The zero-order valence-electron chi connectivity index (χ0n) is 13.5. The molecule has 0 N–H and O–H groups in total. The van der Waals surface area contributed by atoms with E-state index in [1.165, 1.54) is 69.5 Å². The number of rotatable bonds is 3. The quantitative estimate of drug-likeness (QED) is 0.847. The number of anilines is 1. The summed E-state index contributed by atoms with van der Waals surface area (Å²) in [4.78, 5) is 5.27. The zero-order valence-corrected chi connectivity index (χ0v) is 13.5. The molecule has 3 rings (SSSR count). The van der Waals surface area contributed by atoms with Crippen molar-refractivity contribution < 1.29 is 4.74 Å². The van der Waals surface area contributed by atoms with Crippen LogP contribution in [0.4, 0.5) is 5.69 Å². The maximum absolute atomic E-state index is 5.36. The molecule has 21 heavy (non-hydrogen) atoms. The average Bonchev–Trinajstić information content (AvgIpc) is 2.56. The summed E-state index contributed by atoms with van der Waals surface area (Å²) < 4.78 is 5.36. The van der Waals surface area contributed by atoms with Gasteiger partial charge in [-0.2, -0.15) is 0 Å². The molecule has 3 nitrogen and oxygen atoms in total. The number of benzene rings is 1. The SMILES string of the molecule is COc1ccc(N2CCC(N3CCCCC3)CC2)cc1C. The predicted molar refractivity (Wildman–Crippen MR) is 88.4 cm³/mol. The highest BCUT2D eigenvalue weighted by molar-refractivity contribution is 5.53. The van der Waals surface area contributed by atoms with Gasteiger partial charge >= 0.3 is 0 Å². The van der Waals surface area contributed by atoms with E-state index in [2.05, 4.69) is 34.9 Å². The van der Waals surface area contributed by atoms with Crippen LogP contribution >= 0.6 is 0 Å². The van der Waals surface area contributed by atoms with Crippen molar-refractivity contribution in [3.8, 4) is 5.75 Å². The van der Waals surface area contributed by atoms with Gasteiger partial charge in [0.05, 0.1) is 7.11 Å². The molecule has 3 heteroatoms. The third-order valence-electron chi connectivity index (χ3n) is 5.12. The Kier molecular flexibility index (Phi) is 4.69. The molecule has 0 bridgehead atoms. The van der Waals surface area contributed by atoms with Crippen molar-refractivity contribution in [1.29, 1.82) is 0 Å². The van der Waals surface area contributed by atoms with E-state index < -0.39 is 0 Å². The van der Waals surface area contributed by atoms with Crippen LogP contribution < -0.4 is 9.64 Å². The Morgan fingerprint density at radius 3 is 2.33 bits per heavy atom. The van der Waals surface area contributed by atoms with Gasteiger partial charge in [0.1, 0.15) is 5.75 Å². The first-order chi connectivity index (χ1) is 10.3. The highest BCUT2D eigenvalue weighted by Gasteiger charge is 2.25. The number of nitrogens with zero attached hydrogens (tertiary/aromatic N) is 2. The van der Waals surface area contributed by atoms with E-state index in [9.17, 15) is 0 Å². The number of ether oxygens (including phenoxy) is 1. The molecule has 0 radical (unpaired) electrons. The Morgan fingerprint density at radius 2 is 1.71 bits per heavy atom. The molecule has 1 aromatic rings. The standard InChI is InChI=1S/C18H28N2O/c1-15-14-17(6-7-18(15)21-2)20-12-8-16(9-13-20)19-10-4-3-5-11-19/h6-7,14,16H,3-5,8-13H2,1-2H3. The van der Waals surface area contributed by atoms with Crippen LogP contribution in [0.1, 0.15) is 37.7 Å². The Bertz CT molecular complexity index is 460. The highest BCUT2D eigenvalue weighted by atomic mass is 16.5. The maximum atomic E-state index is 5.36. The number of aryl methyl sites for hydroxylation is 1. The average molecular weight is 288 g/mol. The summed E-state index contributed by atoms with van der Waals surface area (Å²) in [6.07, 6.45) is 6.85. The monoisotopic (exact) mass is 288 g/mol. The van der Waals surface area contributed by atoms with E-state index in [-0.39, 0.29) is 0 Å². The summed E-state index contributed by atoms with van der Waals surface area (Å²) in [5.41, 5.74) is 2.58. The number of hydrogen-bond donors (Lipinski definition) is 0. The van der Waals surface area contributed by atoms with Gasteiger partial charge in [-0.1, -0.05) is 6.42 Å². The minimum Gasteiger partial charge on any atom is -0.496 e. The third-order valence-corrected chi connectivity index (χ3v) is 5.12. The molecule has 2 fully saturated rings. The Labute approximate surface area is 128 Å². The molecule has 0 atom stereocenters. The Morgan fingerprint density at radius 1 is 1.00 bits per heavy atom. The van der Waals surface area contributed by atoms with Gasteiger partial charge in [-0.05, 0) is 69.5 Å². The number of likely N-dealkylation sites (tertiary alicyclic amines) is 1. The van der Waals surface area contributed by atoms with Gasteiger partial charge in [-0.15, -0.1) is 0 Å². The first-order valence-electron chi connectivity index (χ1n) is 8.41. The van der Waals surface area contributed by atoms with E-state index in [4.69, 9.17) is 4.74 Å². The van der Waals surface area contributed by atoms with Crippen molar-refractivity contribution in [3.63, 3.8) is 0 Å². The highest BCUT2D eigenvalue weighted by Crippen LogP contribution is 2.28. The molecule has 0 aliphatic carbocycles. The van der Waals surface area contributed by atoms with E-state index >= 15 is 0 Å². The second-order valence-electron chi connectivity index (χ2n) is 6.47. The second-order valence-corrected chi connectivity index (χ2v) is 6.47. The summed E-state index contributed by atoms with van der Waals surface area (Å²) >= 11 is 0. The molecule has 0 spiro atoms. The van der Waals surface area contributed by atoms with Crippen LogP contribution in [0.5, 0.6) is 5.75 Å². The van der Waals surface area contributed by atoms with Crippen molar-refractivity contribution in [2.75, 3.05) is 38.2 Å². The smallest absolute Gasteiger partial charge is 0.121 e. The topological polar surface area (TPSA) is 15.7 Å². The number of hydrogen-bond acceptors (Lipinski definition) is 3. The minimum atomic E-state index is 0.820. The molecule has 2 aliphatic rings. The molecule has 116 valence electrons. The summed E-state index contributed by atoms with van der Waals surface area (Å²) in [7, 11) is 1.74. The Hall–Kier alpha value is -1.22. The van der Waals surface area contributed by atoms with E-state index in [0.717, 1.165) is 11.8 Å². The molecule has 0 amide bonds. The normalized spacial score (nSPS) is 21.5. The predicted octanol–water partition coefficient (Wildman–Crippen LogP) is 3.46. The van der Waals surface area contributed by atoms with Gasteiger partial charge in [0, 0.05) is 24.8 Å². The maximum Gasteiger partial charge on any atom is 0.121 e. The van der Waals surface area contributed by atoms with Crippen molar-refractivity contribution in [2.45, 2.75) is 45.1 Å². The van der Waals surface area contributed by atoms with Crippen molar-refractivity contribution >= 4 is 5.69 Å². The number of methoxy groups -OCH3 is 1. The van der Waals surface area contributed by atoms with Crippen molar-refractivity contribution in [1.82, 2.24) is 4.90 Å². The molecule has 0 saturated carbocycles. The van der Waals surface area contributed by atoms with E-state index in [0.29, 0.717) is 0 Å². The first-order valence-corrected chi connectivity index (χ1v) is 8.41. The lowest BCUT2D eigenvalue weighted by atomic mass is 9.99. The van der Waals surface area contributed by atoms with Gasteiger partial charge in [0.2, 0.25) is 0 Å². The largest absolute Gasteiger partial charge is 0.496 e. The lowest BCUT2D eigenvalue weighted by molar-refractivity contribution is 0.141. The summed E-state index contributed by atoms with van der Waals surface area (Å²) in [6, 6.07) is 7.38. The molecular weight excluding hydrogens is 260 g/mol. The first kappa shape index (κ1) is 14.7. The fraction of sp³-hybridized carbons (Fsp3) is 0.667. The van der Waals surface area contributed by atoms with Crippen LogP contribution in [0, 0.1) is 6.92 Å². The minimum absolute atomic E-state index is 0.820. The molecule has 2 aliphatic heterocycles. The fourth-order valence-corrected chi connectivity index (χ4v) is 3.83. The zero-order chi connectivity index (χ0) is 14.7. The summed E-state index contributed by atoms with van der Waals surface area (Å²) in [5, 5.41) is 0. The molecule has 1 aromatic carbocycles. The fourth-order valence-electron chi connectivity index (χ4n) is 3.83. The van der Waals surface area contributed by atoms with Crippen LogP contribution in [0.15, 0.2) is 18.2 Å². The second kappa shape index (κ2) is 6.69. The molecule has 0 unspecified atom stereocenters. The van der Waals surface area contributed by atoms with E-state index in [1.807, 2.05) is 0 Å². The lowest BCUT2D eigenvalue weighted by Crippen LogP contribution is -2.46. The van der Waals surface area contributed by atoms with Crippen LogP contribution in [-0.2, 0) is 0 Å². The van der Waals surface area contributed by atoms with Gasteiger partial charge in [0.25, 0.3) is 0 Å². The summed E-state index contributed by atoms with van der Waals surface area (Å²) in [6.45, 7) is 7.15. The molecule has 2 saturated heterocycles. The van der Waals surface area contributed by atoms with Gasteiger partial charge in [-0.25, -0.2) is 0 Å². The van der Waals surface area contributed by atoms with Crippen LogP contribution in [0.2, 0.25) is 0 Å². The van der Waals surface area contributed by atoms with Gasteiger partial charge in [-0.3, -0.25) is 0 Å². The lowest BCUT2D eigenvalue weighted by Gasteiger charge is -2.41. The van der Waals surface area contributed by atoms with Crippen LogP contribution in [0.3, 0.4) is 0 Å². The van der Waals surface area contributed by atoms with Crippen LogP contribution in [-0.4, -0.2) is 44.2 Å². The van der Waals surface area contributed by atoms with Crippen LogP contribution in [0.25, 0.3) is 0 Å². The van der Waals surface area contributed by atoms with E-state index in [1.54, 1.807) is 7.11 Å². The third kappa shape index (κ3) is 3.34. The van der Waals surface area contributed by atoms with Gasteiger partial charge < -0.3 is 14.5 Å². The summed E-state index contributed by atoms with van der Waals surface area (Å²) in [5.74, 6) is 0.988. The Balaban J connectivity index is 1.58.